The molecule has 0 N–H and O–H groups in total. The highest BCUT2D eigenvalue weighted by atomic mass is 32.2. The van der Waals surface area contributed by atoms with Crippen molar-refractivity contribution in [3.05, 3.63) is 180 Å². The Balaban J connectivity index is 1.24. The van der Waals surface area contributed by atoms with Gasteiger partial charge in [-0.1, -0.05) is 145 Å². The summed E-state index contributed by atoms with van der Waals surface area (Å²) in [6, 6.07) is 55.8. The van der Waals surface area contributed by atoms with E-state index in [0.717, 1.165) is 44.8 Å². The van der Waals surface area contributed by atoms with Crippen LogP contribution in [0.1, 0.15) is 22.3 Å². The minimum Gasteiger partial charge on any atom is -0.454 e. The zero-order valence-electron chi connectivity index (χ0n) is 25.2. The molecule has 3 nitrogen and oxygen atoms in total. The molecule has 0 atom stereocenters. The standard InChI is InChI=1S/C43H26N2OS/c1-3-13-27(14-4-1)35-26-36(45-42(44-35)28-15-5-2-6-16-28)37-25-29-23-24-34-40(41(29)46-37)30-17-7-8-18-31(30)43(34)32-19-9-11-21-38(32)47-39-22-12-10-20-33(39)43/h1-26H. The predicted octanol–water partition coefficient (Wildman–Crippen LogP) is 11.1. The molecule has 0 bridgehead atoms. The Hall–Kier alpha value is -5.71. The monoisotopic (exact) mass is 618 g/mol. The molecule has 0 saturated heterocycles. The molecule has 1 aliphatic heterocycles. The van der Waals surface area contributed by atoms with Crippen molar-refractivity contribution in [1.82, 2.24) is 9.97 Å². The predicted molar refractivity (Wildman–Crippen MR) is 190 cm³/mol. The molecular weight excluding hydrogens is 593 g/mol. The summed E-state index contributed by atoms with van der Waals surface area (Å²) in [7, 11) is 0. The quantitative estimate of drug-likeness (QED) is 0.197. The van der Waals surface area contributed by atoms with E-state index in [1.54, 1.807) is 0 Å². The summed E-state index contributed by atoms with van der Waals surface area (Å²) < 4.78 is 6.95. The minimum atomic E-state index is -0.443. The van der Waals surface area contributed by atoms with Crippen molar-refractivity contribution in [2.24, 2.45) is 0 Å². The van der Waals surface area contributed by atoms with Crippen LogP contribution in [0.3, 0.4) is 0 Å². The fourth-order valence-corrected chi connectivity index (χ4v) is 8.80. The normalized spacial score (nSPS) is 13.6. The van der Waals surface area contributed by atoms with Gasteiger partial charge < -0.3 is 4.42 Å². The molecule has 4 heteroatoms. The molecule has 1 aliphatic carbocycles. The number of hydrogen-bond acceptors (Lipinski definition) is 4. The van der Waals surface area contributed by atoms with Crippen molar-refractivity contribution in [2.45, 2.75) is 15.2 Å². The Kier molecular flexibility index (Phi) is 5.72. The number of nitrogens with zero attached hydrogens (tertiary/aromatic N) is 2. The van der Waals surface area contributed by atoms with Crippen LogP contribution in [0, 0.1) is 0 Å². The highest BCUT2D eigenvalue weighted by Crippen LogP contribution is 2.63. The first-order valence-electron chi connectivity index (χ1n) is 15.8. The van der Waals surface area contributed by atoms with Crippen LogP contribution in [-0.4, -0.2) is 9.97 Å². The summed E-state index contributed by atoms with van der Waals surface area (Å²) in [5.74, 6) is 1.40. The number of benzene rings is 6. The fraction of sp³-hybridized carbons (Fsp3) is 0.0233. The maximum atomic E-state index is 6.95. The van der Waals surface area contributed by atoms with E-state index in [4.69, 9.17) is 14.4 Å². The largest absolute Gasteiger partial charge is 0.454 e. The smallest absolute Gasteiger partial charge is 0.160 e. The van der Waals surface area contributed by atoms with Crippen molar-refractivity contribution in [3.63, 3.8) is 0 Å². The average Bonchev–Trinajstić information content (AvgIpc) is 3.71. The first-order chi connectivity index (χ1) is 23.3. The van der Waals surface area contributed by atoms with Crippen molar-refractivity contribution in [3.8, 4) is 45.2 Å². The fourth-order valence-electron chi connectivity index (χ4n) is 7.60. The van der Waals surface area contributed by atoms with Crippen LogP contribution in [0.15, 0.2) is 172 Å². The third-order valence-corrected chi connectivity index (χ3v) is 10.7. The van der Waals surface area contributed by atoms with Gasteiger partial charge in [-0.2, -0.15) is 0 Å². The van der Waals surface area contributed by atoms with Crippen LogP contribution in [0.2, 0.25) is 0 Å². The Bertz CT molecular complexity index is 2400. The molecule has 6 aromatic carbocycles. The Morgan fingerprint density at radius 1 is 0.489 bits per heavy atom. The van der Waals surface area contributed by atoms with E-state index in [9.17, 15) is 0 Å². The molecule has 0 fully saturated rings. The molecule has 0 saturated carbocycles. The summed E-state index contributed by atoms with van der Waals surface area (Å²) in [5.41, 5.74) is 11.6. The summed E-state index contributed by atoms with van der Waals surface area (Å²) >= 11 is 1.86. The Labute approximate surface area is 276 Å². The molecule has 2 aliphatic rings. The van der Waals surface area contributed by atoms with Crippen molar-refractivity contribution >= 4 is 22.7 Å². The second kappa shape index (κ2) is 10.1. The van der Waals surface area contributed by atoms with Crippen LogP contribution in [0.25, 0.3) is 56.2 Å². The molecule has 3 heterocycles. The molecule has 8 aromatic rings. The molecule has 1 spiro atoms. The number of fused-ring (bicyclic) bond motifs is 11. The molecule has 47 heavy (non-hydrogen) atoms. The van der Waals surface area contributed by atoms with Crippen LogP contribution < -0.4 is 0 Å². The first-order valence-corrected chi connectivity index (χ1v) is 16.6. The van der Waals surface area contributed by atoms with Crippen molar-refractivity contribution in [2.75, 3.05) is 0 Å². The van der Waals surface area contributed by atoms with Crippen LogP contribution >= 0.6 is 11.8 Å². The van der Waals surface area contributed by atoms with Gasteiger partial charge in [-0.15, -0.1) is 0 Å². The number of furan rings is 1. The van der Waals surface area contributed by atoms with E-state index in [1.165, 1.54) is 37.6 Å². The molecule has 220 valence electrons. The van der Waals surface area contributed by atoms with Crippen molar-refractivity contribution in [1.29, 1.82) is 0 Å². The zero-order chi connectivity index (χ0) is 31.0. The first kappa shape index (κ1) is 26.5. The van der Waals surface area contributed by atoms with E-state index in [2.05, 4.69) is 103 Å². The number of rotatable bonds is 3. The zero-order valence-corrected chi connectivity index (χ0v) is 26.0. The van der Waals surface area contributed by atoms with Gasteiger partial charge in [0.1, 0.15) is 11.3 Å². The lowest BCUT2D eigenvalue weighted by molar-refractivity contribution is 0.628. The second-order valence-electron chi connectivity index (χ2n) is 12.1. The van der Waals surface area contributed by atoms with E-state index in [0.29, 0.717) is 5.82 Å². The average molecular weight is 619 g/mol. The lowest BCUT2D eigenvalue weighted by Crippen LogP contribution is -2.31. The van der Waals surface area contributed by atoms with E-state index in [1.807, 2.05) is 66.4 Å². The van der Waals surface area contributed by atoms with Gasteiger partial charge in [0.15, 0.2) is 11.6 Å². The van der Waals surface area contributed by atoms with Gasteiger partial charge in [-0.3, -0.25) is 0 Å². The lowest BCUT2D eigenvalue weighted by atomic mass is 9.67. The van der Waals surface area contributed by atoms with Gasteiger partial charge in [0.05, 0.1) is 11.1 Å². The summed E-state index contributed by atoms with van der Waals surface area (Å²) in [6.45, 7) is 0. The van der Waals surface area contributed by atoms with E-state index in [-0.39, 0.29) is 0 Å². The van der Waals surface area contributed by atoms with E-state index >= 15 is 0 Å². The summed E-state index contributed by atoms with van der Waals surface area (Å²) in [6.07, 6.45) is 0. The highest BCUT2D eigenvalue weighted by molar-refractivity contribution is 7.99. The van der Waals surface area contributed by atoms with Crippen LogP contribution in [0.4, 0.5) is 0 Å². The highest BCUT2D eigenvalue weighted by Gasteiger charge is 2.50. The van der Waals surface area contributed by atoms with Crippen LogP contribution in [0.5, 0.6) is 0 Å². The van der Waals surface area contributed by atoms with Gasteiger partial charge in [0.2, 0.25) is 0 Å². The lowest BCUT2D eigenvalue weighted by Gasteiger charge is -2.39. The SMILES string of the molecule is c1ccc(-c2cc(-c3cc4ccc5c(c4o3)-c3ccccc3C53c4ccccc4Sc4ccccc43)nc(-c3ccccc3)n2)cc1. The molecule has 0 radical (unpaired) electrons. The van der Waals surface area contributed by atoms with Gasteiger partial charge >= 0.3 is 0 Å². The number of hydrogen-bond donors (Lipinski definition) is 0. The Morgan fingerprint density at radius 2 is 1.09 bits per heavy atom. The van der Waals surface area contributed by atoms with Crippen molar-refractivity contribution < 1.29 is 4.42 Å². The number of aromatic nitrogens is 2. The molecule has 0 unspecified atom stereocenters. The topological polar surface area (TPSA) is 38.9 Å². The van der Waals surface area contributed by atoms with Gasteiger partial charge in [0, 0.05) is 31.9 Å². The maximum Gasteiger partial charge on any atom is 0.160 e. The Morgan fingerprint density at radius 3 is 1.81 bits per heavy atom. The molecule has 0 amide bonds. The van der Waals surface area contributed by atoms with Gasteiger partial charge in [-0.25, -0.2) is 9.97 Å². The molecule has 10 rings (SSSR count). The summed E-state index contributed by atoms with van der Waals surface area (Å²) in [4.78, 5) is 12.6. The summed E-state index contributed by atoms with van der Waals surface area (Å²) in [5, 5.41) is 1.05. The second-order valence-corrected chi connectivity index (χ2v) is 13.2. The molecule has 2 aromatic heterocycles. The maximum absolute atomic E-state index is 6.95. The molecular formula is C43H26N2OS. The van der Waals surface area contributed by atoms with E-state index < -0.39 is 5.41 Å². The van der Waals surface area contributed by atoms with Crippen LogP contribution in [-0.2, 0) is 5.41 Å². The third-order valence-electron chi connectivity index (χ3n) is 9.57. The third kappa shape index (κ3) is 3.82. The minimum absolute atomic E-state index is 0.443. The van der Waals surface area contributed by atoms with Gasteiger partial charge in [-0.05, 0) is 52.1 Å². The van der Waals surface area contributed by atoms with Gasteiger partial charge in [0.25, 0.3) is 0 Å².